The molecule has 0 radical (unpaired) electrons. The molecular formula is C11H25NS. The Morgan fingerprint density at radius 1 is 1.08 bits per heavy atom. The molecule has 0 atom stereocenters. The highest BCUT2D eigenvalue weighted by atomic mass is 32.1. The summed E-state index contributed by atoms with van der Waals surface area (Å²) in [4.78, 5) is 2.43. The van der Waals surface area contributed by atoms with Gasteiger partial charge in [-0.15, -0.1) is 0 Å². The van der Waals surface area contributed by atoms with Crippen molar-refractivity contribution in [3.05, 3.63) is 0 Å². The van der Waals surface area contributed by atoms with Crippen LogP contribution in [-0.4, -0.2) is 30.8 Å². The van der Waals surface area contributed by atoms with Gasteiger partial charge >= 0.3 is 0 Å². The summed E-state index contributed by atoms with van der Waals surface area (Å²) >= 11 is 4.20. The van der Waals surface area contributed by atoms with Crippen LogP contribution in [0.5, 0.6) is 0 Å². The van der Waals surface area contributed by atoms with E-state index in [0.717, 1.165) is 5.75 Å². The minimum atomic E-state index is 0.429. The van der Waals surface area contributed by atoms with E-state index >= 15 is 0 Å². The van der Waals surface area contributed by atoms with Crippen LogP contribution in [0.25, 0.3) is 0 Å². The summed E-state index contributed by atoms with van der Waals surface area (Å²) in [6.07, 6.45) is 3.89. The Morgan fingerprint density at radius 2 is 1.69 bits per heavy atom. The zero-order valence-corrected chi connectivity index (χ0v) is 10.5. The number of hydrogen-bond acceptors (Lipinski definition) is 2. The van der Waals surface area contributed by atoms with Crippen molar-refractivity contribution in [3.8, 4) is 0 Å². The van der Waals surface area contributed by atoms with E-state index in [9.17, 15) is 0 Å². The van der Waals surface area contributed by atoms with E-state index in [4.69, 9.17) is 0 Å². The molecule has 2 heteroatoms. The molecule has 13 heavy (non-hydrogen) atoms. The number of rotatable bonds is 6. The molecule has 0 aromatic rings. The van der Waals surface area contributed by atoms with Crippen LogP contribution in [0.1, 0.15) is 40.0 Å². The zero-order chi connectivity index (χ0) is 10.3. The van der Waals surface area contributed by atoms with E-state index in [1.807, 2.05) is 0 Å². The van der Waals surface area contributed by atoms with Gasteiger partial charge in [-0.3, -0.25) is 0 Å². The van der Waals surface area contributed by atoms with Crippen molar-refractivity contribution in [1.29, 1.82) is 0 Å². The topological polar surface area (TPSA) is 3.24 Å². The van der Waals surface area contributed by atoms with E-state index in [-0.39, 0.29) is 0 Å². The van der Waals surface area contributed by atoms with Gasteiger partial charge < -0.3 is 4.90 Å². The van der Waals surface area contributed by atoms with Crippen LogP contribution in [0.2, 0.25) is 0 Å². The summed E-state index contributed by atoms with van der Waals surface area (Å²) in [7, 11) is 2.21. The maximum Gasteiger partial charge on any atom is 0.00270 e. The first-order chi connectivity index (χ1) is 5.95. The highest BCUT2D eigenvalue weighted by molar-refractivity contribution is 7.80. The van der Waals surface area contributed by atoms with Crippen molar-refractivity contribution >= 4 is 12.6 Å². The molecule has 0 spiro atoms. The van der Waals surface area contributed by atoms with Crippen LogP contribution in [0, 0.1) is 5.41 Å². The fourth-order valence-electron chi connectivity index (χ4n) is 1.56. The molecule has 1 nitrogen and oxygen atoms in total. The van der Waals surface area contributed by atoms with Crippen molar-refractivity contribution in [2.45, 2.75) is 40.0 Å². The molecule has 0 saturated carbocycles. The minimum absolute atomic E-state index is 0.429. The van der Waals surface area contributed by atoms with Crippen molar-refractivity contribution in [1.82, 2.24) is 4.90 Å². The molecule has 0 fully saturated rings. The smallest absolute Gasteiger partial charge is 0.00270 e. The SMILES string of the molecule is CN(CCCCCS)CC(C)(C)C. The Labute approximate surface area is 89.3 Å². The molecule has 80 valence electrons. The van der Waals surface area contributed by atoms with Gasteiger partial charge in [0.25, 0.3) is 0 Å². The van der Waals surface area contributed by atoms with E-state index in [0.29, 0.717) is 5.41 Å². The van der Waals surface area contributed by atoms with E-state index in [1.54, 1.807) is 0 Å². The number of nitrogens with zero attached hydrogens (tertiary/aromatic N) is 1. The lowest BCUT2D eigenvalue weighted by Gasteiger charge is -2.26. The number of unbranched alkanes of at least 4 members (excludes halogenated alkanes) is 2. The summed E-state index contributed by atoms with van der Waals surface area (Å²) < 4.78 is 0. The maximum atomic E-state index is 4.20. The third-order valence-electron chi connectivity index (χ3n) is 1.94. The summed E-state index contributed by atoms with van der Waals surface area (Å²) in [5.41, 5.74) is 0.429. The lowest BCUT2D eigenvalue weighted by molar-refractivity contribution is 0.224. The van der Waals surface area contributed by atoms with Crippen LogP contribution >= 0.6 is 12.6 Å². The molecule has 0 aliphatic carbocycles. The van der Waals surface area contributed by atoms with Gasteiger partial charge in [0, 0.05) is 6.54 Å². The fourth-order valence-corrected chi connectivity index (χ4v) is 1.78. The average molecular weight is 203 g/mol. The second-order valence-electron chi connectivity index (χ2n) is 5.08. The fraction of sp³-hybridized carbons (Fsp3) is 1.00. The summed E-state index contributed by atoms with van der Waals surface area (Å²) in [6.45, 7) is 9.28. The molecule has 0 aliphatic heterocycles. The van der Waals surface area contributed by atoms with Gasteiger partial charge in [0.15, 0.2) is 0 Å². The quantitative estimate of drug-likeness (QED) is 0.513. The van der Waals surface area contributed by atoms with Crippen LogP contribution in [0.3, 0.4) is 0 Å². The van der Waals surface area contributed by atoms with Crippen LogP contribution < -0.4 is 0 Å². The second kappa shape index (κ2) is 6.72. The van der Waals surface area contributed by atoms with E-state index in [1.165, 1.54) is 32.4 Å². The van der Waals surface area contributed by atoms with Crippen molar-refractivity contribution < 1.29 is 0 Å². The van der Waals surface area contributed by atoms with E-state index < -0.39 is 0 Å². The van der Waals surface area contributed by atoms with Crippen molar-refractivity contribution in [2.75, 3.05) is 25.9 Å². The Morgan fingerprint density at radius 3 is 2.15 bits per heavy atom. The summed E-state index contributed by atoms with van der Waals surface area (Å²) in [5, 5.41) is 0. The largest absolute Gasteiger partial charge is 0.306 e. The number of hydrogen-bond donors (Lipinski definition) is 1. The lowest BCUT2D eigenvalue weighted by Crippen LogP contribution is -2.30. The van der Waals surface area contributed by atoms with Gasteiger partial charge in [-0.05, 0) is 37.6 Å². The molecular weight excluding hydrogens is 178 g/mol. The van der Waals surface area contributed by atoms with Gasteiger partial charge in [-0.1, -0.05) is 27.2 Å². The van der Waals surface area contributed by atoms with Crippen molar-refractivity contribution in [2.24, 2.45) is 5.41 Å². The highest BCUT2D eigenvalue weighted by Gasteiger charge is 2.12. The Kier molecular flexibility index (Phi) is 6.88. The summed E-state index contributed by atoms with van der Waals surface area (Å²) in [6, 6.07) is 0. The average Bonchev–Trinajstić information content (AvgIpc) is 1.94. The first-order valence-electron chi connectivity index (χ1n) is 5.25. The Bertz CT molecular complexity index is 118. The van der Waals surface area contributed by atoms with Crippen LogP contribution in [0.15, 0.2) is 0 Å². The van der Waals surface area contributed by atoms with Gasteiger partial charge in [0.1, 0.15) is 0 Å². The molecule has 0 aromatic heterocycles. The predicted molar refractivity (Wildman–Crippen MR) is 64.7 cm³/mol. The third kappa shape index (κ3) is 10.2. The number of thiol groups is 1. The molecule has 0 aromatic carbocycles. The normalized spacial score (nSPS) is 12.5. The summed E-state index contributed by atoms with van der Waals surface area (Å²) in [5.74, 6) is 1.03. The van der Waals surface area contributed by atoms with Gasteiger partial charge in [0.2, 0.25) is 0 Å². The monoisotopic (exact) mass is 203 g/mol. The Hall–Kier alpha value is 0.310. The van der Waals surface area contributed by atoms with Gasteiger partial charge in [-0.25, -0.2) is 0 Å². The standard InChI is InChI=1S/C11H25NS/c1-11(2,3)10-12(4)8-6-5-7-9-13/h13H,5-10H2,1-4H3. The molecule has 0 amide bonds. The molecule has 0 heterocycles. The molecule has 0 N–H and O–H groups in total. The van der Waals surface area contributed by atoms with Gasteiger partial charge in [0.05, 0.1) is 0 Å². The molecule has 0 bridgehead atoms. The Balaban J connectivity index is 3.35. The predicted octanol–water partition coefficient (Wildman–Crippen LogP) is 3.06. The van der Waals surface area contributed by atoms with E-state index in [2.05, 4.69) is 45.3 Å². The molecule has 0 unspecified atom stereocenters. The van der Waals surface area contributed by atoms with Crippen LogP contribution in [-0.2, 0) is 0 Å². The first-order valence-corrected chi connectivity index (χ1v) is 5.88. The minimum Gasteiger partial charge on any atom is -0.306 e. The first kappa shape index (κ1) is 13.3. The third-order valence-corrected chi connectivity index (χ3v) is 2.26. The van der Waals surface area contributed by atoms with Crippen LogP contribution in [0.4, 0.5) is 0 Å². The van der Waals surface area contributed by atoms with Gasteiger partial charge in [-0.2, -0.15) is 12.6 Å². The molecule has 0 aliphatic rings. The lowest BCUT2D eigenvalue weighted by atomic mass is 9.96. The highest BCUT2D eigenvalue weighted by Crippen LogP contribution is 2.14. The zero-order valence-electron chi connectivity index (χ0n) is 9.64. The molecule has 0 rings (SSSR count). The van der Waals surface area contributed by atoms with Crippen molar-refractivity contribution in [3.63, 3.8) is 0 Å². The second-order valence-corrected chi connectivity index (χ2v) is 5.53. The maximum absolute atomic E-state index is 4.20. The molecule has 0 saturated heterocycles.